The zero-order valence-electron chi connectivity index (χ0n) is 12.6. The van der Waals surface area contributed by atoms with Crippen molar-refractivity contribution in [3.05, 3.63) is 38.9 Å². The monoisotopic (exact) mass is 313 g/mol. The van der Waals surface area contributed by atoms with Crippen LogP contribution in [0.15, 0.2) is 18.2 Å². The number of nitrogens with one attached hydrogen (secondary N) is 2. The van der Waals surface area contributed by atoms with Crippen molar-refractivity contribution in [3.63, 3.8) is 0 Å². The number of hydrogen-bond donors (Lipinski definition) is 2. The summed E-state index contributed by atoms with van der Waals surface area (Å²) in [5.41, 5.74) is 0.105. The highest BCUT2D eigenvalue weighted by Gasteiger charge is 2.20. The summed E-state index contributed by atoms with van der Waals surface area (Å²) in [6.07, 6.45) is 0. The molecule has 1 unspecified atom stereocenters. The molecule has 0 bridgehead atoms. The lowest BCUT2D eigenvalue weighted by Gasteiger charge is -2.23. The lowest BCUT2D eigenvalue weighted by atomic mass is 10.1. The number of carbonyl (C=O) groups excluding carboxylic acids is 1. The molecule has 0 radical (unpaired) electrons. The van der Waals surface area contributed by atoms with Crippen molar-refractivity contribution in [1.29, 1.82) is 0 Å². The Morgan fingerprint density at radius 2 is 2.05 bits per heavy atom. The summed E-state index contributed by atoms with van der Waals surface area (Å²) in [5, 5.41) is 17.2. The van der Waals surface area contributed by atoms with Gasteiger partial charge in [0.15, 0.2) is 0 Å². The topological polar surface area (TPSA) is 84.3 Å². The molecule has 1 aromatic carbocycles. The van der Waals surface area contributed by atoms with E-state index in [0.717, 1.165) is 0 Å². The molecule has 0 saturated carbocycles. The van der Waals surface area contributed by atoms with Crippen molar-refractivity contribution in [3.8, 4) is 0 Å². The van der Waals surface area contributed by atoms with E-state index in [1.807, 2.05) is 20.8 Å². The molecule has 0 aromatic heterocycles. The Labute approximate surface area is 129 Å². The third-order valence-corrected chi connectivity index (χ3v) is 2.96. The van der Waals surface area contributed by atoms with E-state index < -0.39 is 11.0 Å². The van der Waals surface area contributed by atoms with Gasteiger partial charge in [-0.05, 0) is 39.8 Å². The minimum atomic E-state index is -0.470. The molecule has 0 aliphatic heterocycles. The molecule has 6 nitrogen and oxygen atoms in total. The Morgan fingerprint density at radius 1 is 1.43 bits per heavy atom. The average molecular weight is 314 g/mol. The summed E-state index contributed by atoms with van der Waals surface area (Å²) < 4.78 is 0. The molecular formula is C14H20ClN3O3. The Bertz CT molecular complexity index is 541. The van der Waals surface area contributed by atoms with Crippen molar-refractivity contribution in [1.82, 2.24) is 10.6 Å². The third kappa shape index (κ3) is 5.69. The molecule has 0 aliphatic carbocycles. The van der Waals surface area contributed by atoms with Crippen LogP contribution >= 0.6 is 11.6 Å². The largest absolute Gasteiger partial charge is 0.350 e. The number of benzene rings is 1. The number of amides is 1. The van der Waals surface area contributed by atoms with E-state index >= 15 is 0 Å². The predicted molar refractivity (Wildman–Crippen MR) is 82.3 cm³/mol. The number of nitrogens with zero attached hydrogens (tertiary/aromatic N) is 1. The number of nitro groups is 1. The SMILES string of the molecule is CC(NCc1cc(Cl)ccc1[N+](=O)[O-])C(=O)NC(C)(C)C. The smallest absolute Gasteiger partial charge is 0.273 e. The number of rotatable bonds is 5. The van der Waals surface area contributed by atoms with Crippen LogP contribution in [-0.4, -0.2) is 22.4 Å². The number of halogens is 1. The molecule has 0 saturated heterocycles. The van der Waals surface area contributed by atoms with Crippen LogP contribution in [0.4, 0.5) is 5.69 Å². The van der Waals surface area contributed by atoms with Crippen molar-refractivity contribution in [2.75, 3.05) is 0 Å². The molecule has 1 amide bonds. The summed E-state index contributed by atoms with van der Waals surface area (Å²) >= 11 is 5.86. The van der Waals surface area contributed by atoms with E-state index in [1.54, 1.807) is 6.92 Å². The maximum absolute atomic E-state index is 11.9. The van der Waals surface area contributed by atoms with Gasteiger partial charge in [0.25, 0.3) is 5.69 Å². The van der Waals surface area contributed by atoms with Crippen molar-refractivity contribution in [2.45, 2.75) is 45.8 Å². The normalized spacial score (nSPS) is 12.8. The van der Waals surface area contributed by atoms with Gasteiger partial charge in [-0.15, -0.1) is 0 Å². The van der Waals surface area contributed by atoms with Gasteiger partial charge < -0.3 is 10.6 Å². The van der Waals surface area contributed by atoms with E-state index in [4.69, 9.17) is 11.6 Å². The van der Waals surface area contributed by atoms with Crippen LogP contribution in [0.2, 0.25) is 5.02 Å². The highest BCUT2D eigenvalue weighted by Crippen LogP contribution is 2.22. The first-order chi connectivity index (χ1) is 9.60. The first-order valence-corrected chi connectivity index (χ1v) is 6.96. The van der Waals surface area contributed by atoms with E-state index in [9.17, 15) is 14.9 Å². The van der Waals surface area contributed by atoms with E-state index in [2.05, 4.69) is 10.6 Å². The van der Waals surface area contributed by atoms with Crippen molar-refractivity contribution < 1.29 is 9.72 Å². The molecule has 0 fully saturated rings. The van der Waals surface area contributed by atoms with E-state index in [1.165, 1.54) is 18.2 Å². The van der Waals surface area contributed by atoms with Crippen molar-refractivity contribution >= 4 is 23.2 Å². The van der Waals surface area contributed by atoms with Gasteiger partial charge in [-0.1, -0.05) is 11.6 Å². The Morgan fingerprint density at radius 3 is 2.57 bits per heavy atom. The first-order valence-electron chi connectivity index (χ1n) is 6.58. The fraction of sp³-hybridized carbons (Fsp3) is 0.500. The molecule has 1 rings (SSSR count). The second kappa shape index (κ2) is 6.87. The van der Waals surface area contributed by atoms with Gasteiger partial charge in [0.1, 0.15) is 0 Å². The van der Waals surface area contributed by atoms with Gasteiger partial charge >= 0.3 is 0 Å². The van der Waals surface area contributed by atoms with Crippen LogP contribution in [0.5, 0.6) is 0 Å². The Balaban J connectivity index is 2.73. The second-order valence-electron chi connectivity index (χ2n) is 5.87. The average Bonchev–Trinajstić information content (AvgIpc) is 2.33. The van der Waals surface area contributed by atoms with Gasteiger partial charge in [-0.25, -0.2) is 0 Å². The van der Waals surface area contributed by atoms with Crippen LogP contribution in [0.3, 0.4) is 0 Å². The van der Waals surface area contributed by atoms with Gasteiger partial charge in [0.05, 0.1) is 11.0 Å². The summed E-state index contributed by atoms with van der Waals surface area (Å²) in [6.45, 7) is 7.56. The summed E-state index contributed by atoms with van der Waals surface area (Å²) in [6, 6.07) is 3.89. The van der Waals surface area contributed by atoms with E-state index in [-0.39, 0.29) is 23.7 Å². The summed E-state index contributed by atoms with van der Waals surface area (Å²) in [7, 11) is 0. The number of hydrogen-bond acceptors (Lipinski definition) is 4. The highest BCUT2D eigenvalue weighted by atomic mass is 35.5. The molecule has 0 heterocycles. The summed E-state index contributed by atoms with van der Waals surface area (Å²) in [4.78, 5) is 22.4. The van der Waals surface area contributed by atoms with Gasteiger partial charge in [0, 0.05) is 28.7 Å². The van der Waals surface area contributed by atoms with Crippen LogP contribution in [0, 0.1) is 10.1 Å². The molecule has 0 spiro atoms. The Hall–Kier alpha value is -1.66. The van der Waals surface area contributed by atoms with Gasteiger partial charge in [-0.3, -0.25) is 14.9 Å². The molecule has 1 aromatic rings. The third-order valence-electron chi connectivity index (χ3n) is 2.73. The molecule has 21 heavy (non-hydrogen) atoms. The van der Waals surface area contributed by atoms with Crippen LogP contribution in [0.25, 0.3) is 0 Å². The lowest BCUT2D eigenvalue weighted by molar-refractivity contribution is -0.385. The Kier molecular flexibility index (Phi) is 5.69. The van der Waals surface area contributed by atoms with Crippen LogP contribution < -0.4 is 10.6 Å². The molecule has 116 valence electrons. The minimum Gasteiger partial charge on any atom is -0.350 e. The zero-order valence-corrected chi connectivity index (χ0v) is 13.3. The predicted octanol–water partition coefficient (Wildman–Crippen LogP) is 2.64. The van der Waals surface area contributed by atoms with Crippen LogP contribution in [-0.2, 0) is 11.3 Å². The zero-order chi connectivity index (χ0) is 16.2. The van der Waals surface area contributed by atoms with Crippen LogP contribution in [0.1, 0.15) is 33.3 Å². The maximum atomic E-state index is 11.9. The fourth-order valence-electron chi connectivity index (χ4n) is 1.71. The van der Waals surface area contributed by atoms with E-state index in [0.29, 0.717) is 10.6 Å². The minimum absolute atomic E-state index is 0.0182. The molecule has 1 atom stereocenters. The number of carbonyl (C=O) groups is 1. The first kappa shape index (κ1) is 17.4. The maximum Gasteiger partial charge on any atom is 0.273 e. The second-order valence-corrected chi connectivity index (χ2v) is 6.31. The molecule has 2 N–H and O–H groups in total. The summed E-state index contributed by atoms with van der Waals surface area (Å²) in [5.74, 6) is -0.160. The molecular weight excluding hydrogens is 294 g/mol. The fourth-order valence-corrected chi connectivity index (χ4v) is 1.90. The quantitative estimate of drug-likeness (QED) is 0.646. The number of nitro benzene ring substituents is 1. The standard InChI is InChI=1S/C14H20ClN3O3/c1-9(13(19)17-14(2,3)4)16-8-10-7-11(15)5-6-12(10)18(20)21/h5-7,9,16H,8H2,1-4H3,(H,17,19). The van der Waals surface area contributed by atoms with Crippen molar-refractivity contribution in [2.24, 2.45) is 0 Å². The molecule has 0 aliphatic rings. The lowest BCUT2D eigenvalue weighted by Crippen LogP contribution is -2.49. The van der Waals surface area contributed by atoms with Gasteiger partial charge in [0.2, 0.25) is 5.91 Å². The molecule has 7 heteroatoms. The highest BCUT2D eigenvalue weighted by molar-refractivity contribution is 6.30. The van der Waals surface area contributed by atoms with Gasteiger partial charge in [-0.2, -0.15) is 0 Å².